The van der Waals surface area contributed by atoms with Crippen LogP contribution in [0.15, 0.2) is 82.3 Å². The summed E-state index contributed by atoms with van der Waals surface area (Å²) in [5, 5.41) is 2.76. The second-order valence-corrected chi connectivity index (χ2v) is 9.43. The fourth-order valence-corrected chi connectivity index (χ4v) is 4.96. The third-order valence-corrected chi connectivity index (χ3v) is 7.21. The summed E-state index contributed by atoms with van der Waals surface area (Å²) in [6.07, 6.45) is 2.63. The van der Waals surface area contributed by atoms with E-state index < -0.39 is 16.1 Å². The minimum absolute atomic E-state index is 0.0524. The molecular formula is C23H23N3O5S. The Labute approximate surface area is 186 Å². The van der Waals surface area contributed by atoms with Gasteiger partial charge in [-0.25, -0.2) is 8.42 Å². The number of anilines is 2. The number of sulfonamides is 1. The van der Waals surface area contributed by atoms with Crippen molar-refractivity contribution in [3.63, 3.8) is 0 Å². The molecule has 4 rings (SSSR count). The van der Waals surface area contributed by atoms with Gasteiger partial charge in [-0.05, 0) is 55.3 Å². The average molecular weight is 454 g/mol. The smallest absolute Gasteiger partial charge is 0.290 e. The van der Waals surface area contributed by atoms with E-state index >= 15 is 0 Å². The number of hydrogen-bond donors (Lipinski definition) is 1. The molecule has 1 fully saturated rings. The Bertz CT molecular complexity index is 1210. The van der Waals surface area contributed by atoms with E-state index in [1.807, 2.05) is 6.07 Å². The van der Waals surface area contributed by atoms with Crippen LogP contribution in [0.5, 0.6) is 0 Å². The SMILES string of the molecule is CN(c1ccccc1)S(=O)(=O)c1cccc(NC(=O)[C@@H]2CCCN2C(=O)c2ccco2)c1. The summed E-state index contributed by atoms with van der Waals surface area (Å²) in [5.41, 5.74) is 0.870. The van der Waals surface area contributed by atoms with Crippen molar-refractivity contribution >= 4 is 33.2 Å². The first-order valence-electron chi connectivity index (χ1n) is 10.2. The topological polar surface area (TPSA) is 99.9 Å². The largest absolute Gasteiger partial charge is 0.459 e. The molecule has 32 heavy (non-hydrogen) atoms. The van der Waals surface area contributed by atoms with Crippen molar-refractivity contribution in [1.82, 2.24) is 4.90 Å². The Kier molecular flexibility index (Phi) is 6.00. The minimum atomic E-state index is -3.82. The van der Waals surface area contributed by atoms with Crippen LogP contribution in [0.4, 0.5) is 11.4 Å². The van der Waals surface area contributed by atoms with Crippen LogP contribution in [0.3, 0.4) is 0 Å². The van der Waals surface area contributed by atoms with Gasteiger partial charge in [0.05, 0.1) is 16.8 Å². The van der Waals surface area contributed by atoms with Gasteiger partial charge in [-0.3, -0.25) is 13.9 Å². The van der Waals surface area contributed by atoms with Crippen molar-refractivity contribution in [2.45, 2.75) is 23.8 Å². The Morgan fingerprint density at radius 1 is 1.06 bits per heavy atom. The lowest BCUT2D eigenvalue weighted by molar-refractivity contribution is -0.119. The summed E-state index contributed by atoms with van der Waals surface area (Å²) >= 11 is 0. The van der Waals surface area contributed by atoms with Gasteiger partial charge in [-0.2, -0.15) is 0 Å². The maximum Gasteiger partial charge on any atom is 0.290 e. The number of carbonyl (C=O) groups is 2. The van der Waals surface area contributed by atoms with Gasteiger partial charge in [0.25, 0.3) is 15.9 Å². The highest BCUT2D eigenvalue weighted by Crippen LogP contribution is 2.25. The first-order chi connectivity index (χ1) is 15.4. The second kappa shape index (κ2) is 8.88. The van der Waals surface area contributed by atoms with Crippen LogP contribution in [0.1, 0.15) is 23.4 Å². The number of hydrogen-bond acceptors (Lipinski definition) is 5. The van der Waals surface area contributed by atoms with E-state index in [0.29, 0.717) is 30.8 Å². The normalized spacial score (nSPS) is 16.0. The number of para-hydroxylation sites is 1. The zero-order chi connectivity index (χ0) is 22.7. The van der Waals surface area contributed by atoms with Crippen molar-refractivity contribution in [2.24, 2.45) is 0 Å². The number of nitrogens with one attached hydrogen (secondary N) is 1. The average Bonchev–Trinajstić information content (AvgIpc) is 3.51. The fourth-order valence-electron chi connectivity index (χ4n) is 3.72. The van der Waals surface area contributed by atoms with Gasteiger partial charge >= 0.3 is 0 Å². The van der Waals surface area contributed by atoms with E-state index in [1.165, 1.54) is 34.6 Å². The van der Waals surface area contributed by atoms with Crippen LogP contribution in [-0.2, 0) is 14.8 Å². The van der Waals surface area contributed by atoms with Gasteiger partial charge in [0.2, 0.25) is 5.91 Å². The maximum atomic E-state index is 13.0. The van der Waals surface area contributed by atoms with Crippen LogP contribution in [0.25, 0.3) is 0 Å². The van der Waals surface area contributed by atoms with Gasteiger partial charge in [0, 0.05) is 19.3 Å². The van der Waals surface area contributed by atoms with Crippen molar-refractivity contribution in [3.8, 4) is 0 Å². The Morgan fingerprint density at radius 2 is 1.84 bits per heavy atom. The van der Waals surface area contributed by atoms with Gasteiger partial charge in [0.15, 0.2) is 5.76 Å². The van der Waals surface area contributed by atoms with Crippen molar-refractivity contribution in [3.05, 3.63) is 78.8 Å². The van der Waals surface area contributed by atoms with E-state index in [1.54, 1.807) is 48.5 Å². The molecule has 2 aromatic carbocycles. The maximum absolute atomic E-state index is 13.0. The van der Waals surface area contributed by atoms with E-state index in [9.17, 15) is 18.0 Å². The van der Waals surface area contributed by atoms with Crippen LogP contribution in [0.2, 0.25) is 0 Å². The number of nitrogens with zero attached hydrogens (tertiary/aromatic N) is 2. The monoisotopic (exact) mass is 453 g/mol. The third-order valence-electron chi connectivity index (χ3n) is 5.43. The third kappa shape index (κ3) is 4.24. The predicted molar refractivity (Wildman–Crippen MR) is 120 cm³/mol. The molecule has 1 saturated heterocycles. The van der Waals surface area contributed by atoms with E-state index in [2.05, 4.69) is 5.32 Å². The number of furan rings is 1. The van der Waals surface area contributed by atoms with E-state index in [0.717, 1.165) is 0 Å². The van der Waals surface area contributed by atoms with Gasteiger partial charge in [-0.1, -0.05) is 24.3 Å². The minimum Gasteiger partial charge on any atom is -0.459 e. The molecule has 0 saturated carbocycles. The first-order valence-corrected chi connectivity index (χ1v) is 11.6. The molecule has 0 spiro atoms. The van der Waals surface area contributed by atoms with Gasteiger partial charge < -0.3 is 14.6 Å². The van der Waals surface area contributed by atoms with Crippen LogP contribution >= 0.6 is 0 Å². The molecule has 1 aromatic heterocycles. The highest BCUT2D eigenvalue weighted by molar-refractivity contribution is 7.92. The van der Waals surface area contributed by atoms with Crippen molar-refractivity contribution in [2.75, 3.05) is 23.2 Å². The molecule has 2 amide bonds. The lowest BCUT2D eigenvalue weighted by Crippen LogP contribution is -2.43. The Balaban J connectivity index is 1.51. The molecule has 1 aliphatic rings. The molecule has 166 valence electrons. The van der Waals surface area contributed by atoms with Crippen LogP contribution in [0, 0.1) is 0 Å². The standard InChI is InChI=1S/C23H23N3O5S/c1-25(18-9-3-2-4-10-18)32(29,30)19-11-5-8-17(16-19)24-22(27)20-12-6-14-26(20)23(28)21-13-7-15-31-21/h2-5,7-11,13,15-16,20H,6,12,14H2,1H3,(H,24,27)/t20-/m0/s1. The van der Waals surface area contributed by atoms with Gasteiger partial charge in [-0.15, -0.1) is 0 Å². The first kappa shape index (κ1) is 21.6. The predicted octanol–water partition coefficient (Wildman–Crippen LogP) is 3.35. The zero-order valence-corrected chi connectivity index (χ0v) is 18.3. The van der Waals surface area contributed by atoms with Crippen molar-refractivity contribution in [1.29, 1.82) is 0 Å². The Morgan fingerprint density at radius 3 is 2.56 bits per heavy atom. The Hall–Kier alpha value is -3.59. The summed E-state index contributed by atoms with van der Waals surface area (Å²) in [7, 11) is -2.34. The molecule has 0 unspecified atom stereocenters. The molecule has 3 aromatic rings. The highest BCUT2D eigenvalue weighted by Gasteiger charge is 2.35. The van der Waals surface area contributed by atoms with Gasteiger partial charge in [0.1, 0.15) is 6.04 Å². The summed E-state index contributed by atoms with van der Waals surface area (Å²) in [4.78, 5) is 27.1. The zero-order valence-electron chi connectivity index (χ0n) is 17.5. The van der Waals surface area contributed by atoms with Crippen molar-refractivity contribution < 1.29 is 22.4 Å². The fraction of sp³-hybridized carbons (Fsp3) is 0.217. The van der Waals surface area contributed by atoms with Crippen LogP contribution in [-0.4, -0.2) is 44.8 Å². The highest BCUT2D eigenvalue weighted by atomic mass is 32.2. The molecule has 9 heteroatoms. The molecule has 1 aliphatic heterocycles. The molecule has 0 bridgehead atoms. The quantitative estimate of drug-likeness (QED) is 0.617. The van der Waals surface area contributed by atoms with E-state index in [-0.39, 0.29) is 22.5 Å². The number of amides is 2. The summed E-state index contributed by atoms with van der Waals surface area (Å²) in [5.74, 6) is -0.524. The molecule has 1 N–H and O–H groups in total. The lowest BCUT2D eigenvalue weighted by atomic mass is 10.2. The molecule has 8 nitrogen and oxygen atoms in total. The second-order valence-electron chi connectivity index (χ2n) is 7.46. The van der Waals surface area contributed by atoms with E-state index in [4.69, 9.17) is 4.42 Å². The summed E-state index contributed by atoms with van der Waals surface area (Å²) < 4.78 is 32.5. The molecule has 0 aliphatic carbocycles. The molecule has 1 atom stereocenters. The number of carbonyl (C=O) groups excluding carboxylic acids is 2. The van der Waals surface area contributed by atoms with Crippen LogP contribution < -0.4 is 9.62 Å². The molecular weight excluding hydrogens is 430 g/mol. The molecule has 2 heterocycles. The lowest BCUT2D eigenvalue weighted by Gasteiger charge is -2.23. The molecule has 0 radical (unpaired) electrons. The number of benzene rings is 2. The summed E-state index contributed by atoms with van der Waals surface area (Å²) in [6.45, 7) is 0.452. The number of rotatable bonds is 6. The number of likely N-dealkylation sites (tertiary alicyclic amines) is 1. The summed E-state index contributed by atoms with van der Waals surface area (Å²) in [6, 6.07) is 17.3.